The van der Waals surface area contributed by atoms with Crippen LogP contribution in [0.1, 0.15) is 17.3 Å². The number of benzene rings is 1. The molecule has 92 valence electrons. The van der Waals surface area contributed by atoms with Crippen molar-refractivity contribution < 1.29 is 9.90 Å². The summed E-state index contributed by atoms with van der Waals surface area (Å²) in [7, 11) is 0. The molecule has 0 saturated carbocycles. The lowest BCUT2D eigenvalue weighted by molar-refractivity contribution is 0.0627. The fraction of sp³-hybridized carbons (Fsp3) is 0.417. The van der Waals surface area contributed by atoms with Crippen LogP contribution >= 0.6 is 11.6 Å². The molecule has 0 radical (unpaired) electrons. The molecule has 5 heteroatoms. The van der Waals surface area contributed by atoms with E-state index in [-0.39, 0.29) is 17.7 Å². The first-order valence-electron chi connectivity index (χ1n) is 5.63. The van der Waals surface area contributed by atoms with E-state index in [0.717, 1.165) is 13.1 Å². The first-order chi connectivity index (χ1) is 8.13. The van der Waals surface area contributed by atoms with Crippen LogP contribution in [0, 0.1) is 0 Å². The zero-order valence-electron chi connectivity index (χ0n) is 9.61. The van der Waals surface area contributed by atoms with Gasteiger partial charge in [0.1, 0.15) is 5.75 Å². The smallest absolute Gasteiger partial charge is 0.257 e. The lowest BCUT2D eigenvalue weighted by atomic mass is 10.1. The van der Waals surface area contributed by atoms with Crippen molar-refractivity contribution >= 4 is 17.5 Å². The summed E-state index contributed by atoms with van der Waals surface area (Å²) in [6.07, 6.45) is 0. The van der Waals surface area contributed by atoms with Crippen molar-refractivity contribution in [2.75, 3.05) is 19.6 Å². The lowest BCUT2D eigenvalue weighted by Gasteiger charge is -2.37. The Morgan fingerprint density at radius 3 is 2.76 bits per heavy atom. The minimum absolute atomic E-state index is 0.0618. The van der Waals surface area contributed by atoms with Gasteiger partial charge < -0.3 is 15.3 Å². The number of hydrogen-bond acceptors (Lipinski definition) is 3. The molecule has 1 aliphatic rings. The molecule has 1 aromatic carbocycles. The molecule has 1 fully saturated rings. The molecule has 0 unspecified atom stereocenters. The molecule has 0 spiro atoms. The van der Waals surface area contributed by atoms with Gasteiger partial charge in [-0.3, -0.25) is 4.79 Å². The molecular formula is C12H15ClN2O2. The predicted octanol–water partition coefficient (Wildman–Crippen LogP) is 1.48. The van der Waals surface area contributed by atoms with Crippen molar-refractivity contribution in [2.45, 2.75) is 13.0 Å². The number of aromatic hydroxyl groups is 1. The van der Waals surface area contributed by atoms with Gasteiger partial charge in [0.05, 0.1) is 11.6 Å². The van der Waals surface area contributed by atoms with Crippen LogP contribution in [0.3, 0.4) is 0 Å². The first-order valence-corrected chi connectivity index (χ1v) is 6.01. The van der Waals surface area contributed by atoms with Crippen LogP contribution in [0.5, 0.6) is 5.75 Å². The van der Waals surface area contributed by atoms with E-state index in [9.17, 15) is 9.90 Å². The third-order valence-electron chi connectivity index (χ3n) is 2.99. The topological polar surface area (TPSA) is 52.6 Å². The number of rotatable bonds is 3. The Kier molecular flexibility index (Phi) is 3.54. The molecule has 1 saturated heterocycles. The predicted molar refractivity (Wildman–Crippen MR) is 66.5 cm³/mol. The Hall–Kier alpha value is -1.26. The highest BCUT2D eigenvalue weighted by Crippen LogP contribution is 2.24. The highest BCUT2D eigenvalue weighted by molar-refractivity contribution is 6.30. The monoisotopic (exact) mass is 254 g/mol. The van der Waals surface area contributed by atoms with Gasteiger partial charge in [0.2, 0.25) is 0 Å². The lowest BCUT2D eigenvalue weighted by Crippen LogP contribution is -2.58. The van der Waals surface area contributed by atoms with Crippen molar-refractivity contribution in [1.82, 2.24) is 10.2 Å². The molecule has 1 aliphatic heterocycles. The minimum atomic E-state index is -0.145. The highest BCUT2D eigenvalue weighted by Gasteiger charge is 2.29. The van der Waals surface area contributed by atoms with E-state index >= 15 is 0 Å². The summed E-state index contributed by atoms with van der Waals surface area (Å²) in [5.41, 5.74) is 0.308. The summed E-state index contributed by atoms with van der Waals surface area (Å²) in [5, 5.41) is 13.3. The standard InChI is InChI=1S/C12H15ClN2O2/c1-2-15(9-6-14-7-9)12(17)10-4-3-8(13)5-11(10)16/h3-5,9,14,16H,2,6-7H2,1H3. The van der Waals surface area contributed by atoms with Gasteiger partial charge in [0, 0.05) is 24.7 Å². The molecule has 0 bridgehead atoms. The number of likely N-dealkylation sites (N-methyl/N-ethyl adjacent to an activating group) is 1. The van der Waals surface area contributed by atoms with Gasteiger partial charge in [-0.1, -0.05) is 11.6 Å². The number of phenolic OH excluding ortho intramolecular Hbond substituents is 1. The van der Waals surface area contributed by atoms with Gasteiger partial charge in [-0.05, 0) is 25.1 Å². The molecular weight excluding hydrogens is 240 g/mol. The third-order valence-corrected chi connectivity index (χ3v) is 3.23. The Morgan fingerprint density at radius 2 is 2.29 bits per heavy atom. The molecule has 2 N–H and O–H groups in total. The number of phenols is 1. The molecule has 1 aromatic rings. The molecule has 1 heterocycles. The SMILES string of the molecule is CCN(C(=O)c1ccc(Cl)cc1O)C1CNC1. The van der Waals surface area contributed by atoms with E-state index in [1.54, 1.807) is 17.0 Å². The van der Waals surface area contributed by atoms with E-state index in [1.165, 1.54) is 6.07 Å². The molecule has 0 atom stereocenters. The van der Waals surface area contributed by atoms with Gasteiger partial charge in [-0.15, -0.1) is 0 Å². The van der Waals surface area contributed by atoms with Gasteiger partial charge in [-0.2, -0.15) is 0 Å². The van der Waals surface area contributed by atoms with Crippen molar-refractivity contribution in [2.24, 2.45) is 0 Å². The van der Waals surface area contributed by atoms with Gasteiger partial charge in [-0.25, -0.2) is 0 Å². The third kappa shape index (κ3) is 2.37. The normalized spacial score (nSPS) is 15.4. The molecule has 0 aromatic heterocycles. The van der Waals surface area contributed by atoms with Gasteiger partial charge >= 0.3 is 0 Å². The van der Waals surface area contributed by atoms with Crippen LogP contribution in [0.25, 0.3) is 0 Å². The summed E-state index contributed by atoms with van der Waals surface area (Å²) in [6.45, 7) is 4.19. The van der Waals surface area contributed by atoms with Gasteiger partial charge in [0.25, 0.3) is 5.91 Å². The van der Waals surface area contributed by atoms with Crippen molar-refractivity contribution in [3.8, 4) is 5.75 Å². The minimum Gasteiger partial charge on any atom is -0.507 e. The quantitative estimate of drug-likeness (QED) is 0.859. The zero-order chi connectivity index (χ0) is 12.4. The summed E-state index contributed by atoms with van der Waals surface area (Å²) in [5.74, 6) is -0.207. The Labute approximate surface area is 105 Å². The Balaban J connectivity index is 2.22. The van der Waals surface area contributed by atoms with Crippen LogP contribution in [-0.2, 0) is 0 Å². The Morgan fingerprint density at radius 1 is 1.59 bits per heavy atom. The largest absolute Gasteiger partial charge is 0.507 e. The van der Waals surface area contributed by atoms with Gasteiger partial charge in [0.15, 0.2) is 0 Å². The van der Waals surface area contributed by atoms with E-state index < -0.39 is 0 Å². The van der Waals surface area contributed by atoms with E-state index in [1.807, 2.05) is 6.92 Å². The molecule has 1 amide bonds. The fourth-order valence-corrected chi connectivity index (χ4v) is 2.07. The first kappa shape index (κ1) is 12.2. The summed E-state index contributed by atoms with van der Waals surface area (Å²) < 4.78 is 0. The highest BCUT2D eigenvalue weighted by atomic mass is 35.5. The van der Waals surface area contributed by atoms with Crippen LogP contribution in [0.2, 0.25) is 5.02 Å². The number of nitrogens with one attached hydrogen (secondary N) is 1. The molecule has 0 aliphatic carbocycles. The van der Waals surface area contributed by atoms with Crippen LogP contribution in [-0.4, -0.2) is 41.6 Å². The van der Waals surface area contributed by atoms with Crippen molar-refractivity contribution in [3.63, 3.8) is 0 Å². The maximum atomic E-state index is 12.2. The van der Waals surface area contributed by atoms with Crippen LogP contribution < -0.4 is 5.32 Å². The second kappa shape index (κ2) is 4.94. The molecule has 17 heavy (non-hydrogen) atoms. The number of amides is 1. The maximum absolute atomic E-state index is 12.2. The number of carbonyl (C=O) groups is 1. The van der Waals surface area contributed by atoms with E-state index in [2.05, 4.69) is 5.32 Å². The summed E-state index contributed by atoms with van der Waals surface area (Å²) in [6, 6.07) is 4.79. The molecule has 4 nitrogen and oxygen atoms in total. The summed E-state index contributed by atoms with van der Waals surface area (Å²) >= 11 is 5.74. The number of hydrogen-bond donors (Lipinski definition) is 2. The van der Waals surface area contributed by atoms with E-state index in [0.29, 0.717) is 17.1 Å². The average Bonchev–Trinajstić information content (AvgIpc) is 2.22. The number of carbonyl (C=O) groups excluding carboxylic acids is 1. The maximum Gasteiger partial charge on any atom is 0.257 e. The summed E-state index contributed by atoms with van der Waals surface area (Å²) in [4.78, 5) is 14.0. The molecule has 2 rings (SSSR count). The van der Waals surface area contributed by atoms with Crippen molar-refractivity contribution in [1.29, 1.82) is 0 Å². The fourth-order valence-electron chi connectivity index (χ4n) is 1.90. The number of halogens is 1. The van der Waals surface area contributed by atoms with E-state index in [4.69, 9.17) is 11.6 Å². The van der Waals surface area contributed by atoms with Crippen LogP contribution in [0.4, 0.5) is 0 Å². The van der Waals surface area contributed by atoms with Crippen molar-refractivity contribution in [3.05, 3.63) is 28.8 Å². The zero-order valence-corrected chi connectivity index (χ0v) is 10.4. The average molecular weight is 255 g/mol. The second-order valence-electron chi connectivity index (χ2n) is 4.06. The second-order valence-corrected chi connectivity index (χ2v) is 4.50. The Bertz CT molecular complexity index is 433. The van der Waals surface area contributed by atoms with Crippen LogP contribution in [0.15, 0.2) is 18.2 Å². The number of nitrogens with zero attached hydrogens (tertiary/aromatic N) is 1.